The van der Waals surface area contributed by atoms with Crippen molar-refractivity contribution in [3.05, 3.63) is 0 Å². The van der Waals surface area contributed by atoms with Crippen LogP contribution in [0, 0.1) is 11.8 Å². The van der Waals surface area contributed by atoms with Crippen LogP contribution in [0.1, 0.15) is 33.1 Å². The van der Waals surface area contributed by atoms with Crippen molar-refractivity contribution in [2.45, 2.75) is 51.4 Å². The Morgan fingerprint density at radius 3 is 2.79 bits per heavy atom. The number of hydrogen-bond acceptors (Lipinski definition) is 4. The Kier molecular flexibility index (Phi) is 4.81. The summed E-state index contributed by atoms with van der Waals surface area (Å²) in [6.45, 7) is 5.11. The fourth-order valence-electron chi connectivity index (χ4n) is 3.31. The quantitative estimate of drug-likeness (QED) is 0.759. The van der Waals surface area contributed by atoms with E-state index in [1.54, 1.807) is 0 Å². The lowest BCUT2D eigenvalue weighted by atomic mass is 9.76. The summed E-state index contributed by atoms with van der Waals surface area (Å²) in [5, 5.41) is 9.23. The summed E-state index contributed by atoms with van der Waals surface area (Å²) in [7, 11) is 0. The highest BCUT2D eigenvalue weighted by Crippen LogP contribution is 2.31. The second-order valence-corrected chi connectivity index (χ2v) is 6.05. The number of nitrogens with zero attached hydrogens (tertiary/aromatic N) is 1. The lowest BCUT2D eigenvalue weighted by molar-refractivity contribution is -0.153. The van der Waals surface area contributed by atoms with Crippen LogP contribution in [0.25, 0.3) is 0 Å². The van der Waals surface area contributed by atoms with E-state index in [1.807, 2.05) is 11.8 Å². The minimum Gasteiger partial charge on any atom is -0.394 e. The molecule has 0 spiro atoms. The Hall–Kier alpha value is -0.650. The molecule has 1 amide bonds. The van der Waals surface area contributed by atoms with E-state index >= 15 is 0 Å². The maximum atomic E-state index is 12.6. The van der Waals surface area contributed by atoms with E-state index in [0.717, 1.165) is 19.3 Å². The highest BCUT2D eigenvalue weighted by Gasteiger charge is 2.37. The number of amides is 1. The number of rotatable bonds is 2. The molecular weight excluding hydrogens is 244 g/mol. The van der Waals surface area contributed by atoms with Crippen LogP contribution in [0.5, 0.6) is 0 Å². The van der Waals surface area contributed by atoms with Crippen molar-refractivity contribution in [3.8, 4) is 0 Å². The van der Waals surface area contributed by atoms with Crippen molar-refractivity contribution in [2.24, 2.45) is 17.6 Å². The monoisotopic (exact) mass is 270 g/mol. The average molecular weight is 270 g/mol. The molecule has 1 saturated heterocycles. The molecule has 0 aromatic carbocycles. The van der Waals surface area contributed by atoms with Gasteiger partial charge in [-0.25, -0.2) is 0 Å². The van der Waals surface area contributed by atoms with E-state index in [4.69, 9.17) is 10.5 Å². The Labute approximate surface area is 115 Å². The second kappa shape index (κ2) is 6.20. The molecule has 0 aromatic heterocycles. The van der Waals surface area contributed by atoms with Gasteiger partial charge in [0.15, 0.2) is 0 Å². The molecule has 5 atom stereocenters. The molecule has 5 unspecified atom stereocenters. The zero-order valence-electron chi connectivity index (χ0n) is 11.9. The first-order chi connectivity index (χ1) is 9.02. The summed E-state index contributed by atoms with van der Waals surface area (Å²) in [6, 6.07) is 0.134. The molecule has 2 fully saturated rings. The van der Waals surface area contributed by atoms with E-state index < -0.39 is 0 Å². The fourth-order valence-corrected chi connectivity index (χ4v) is 3.31. The van der Waals surface area contributed by atoms with E-state index in [9.17, 15) is 9.90 Å². The first kappa shape index (κ1) is 14.8. The third-order valence-corrected chi connectivity index (χ3v) is 4.52. The summed E-state index contributed by atoms with van der Waals surface area (Å²) in [5.74, 6) is 0.469. The molecule has 0 aromatic rings. The normalized spacial score (nSPS) is 40.2. The maximum absolute atomic E-state index is 12.6. The maximum Gasteiger partial charge on any atom is 0.226 e. The molecule has 5 heteroatoms. The van der Waals surface area contributed by atoms with Gasteiger partial charge in [-0.05, 0) is 25.7 Å². The van der Waals surface area contributed by atoms with Crippen LogP contribution in [-0.4, -0.2) is 53.9 Å². The highest BCUT2D eigenvalue weighted by molar-refractivity contribution is 5.79. The molecule has 0 bridgehead atoms. The Morgan fingerprint density at radius 2 is 2.11 bits per heavy atom. The molecule has 0 radical (unpaired) electrons. The van der Waals surface area contributed by atoms with Gasteiger partial charge in [-0.1, -0.05) is 13.3 Å². The van der Waals surface area contributed by atoms with Gasteiger partial charge in [-0.2, -0.15) is 0 Å². The van der Waals surface area contributed by atoms with Crippen LogP contribution < -0.4 is 5.73 Å². The molecule has 2 aliphatic rings. The van der Waals surface area contributed by atoms with Gasteiger partial charge in [0.25, 0.3) is 0 Å². The molecule has 1 saturated carbocycles. The zero-order valence-corrected chi connectivity index (χ0v) is 11.9. The van der Waals surface area contributed by atoms with E-state index in [-0.39, 0.29) is 42.6 Å². The average Bonchev–Trinajstić information content (AvgIpc) is 2.40. The van der Waals surface area contributed by atoms with Crippen molar-refractivity contribution >= 4 is 5.91 Å². The zero-order chi connectivity index (χ0) is 14.0. The van der Waals surface area contributed by atoms with Gasteiger partial charge in [0, 0.05) is 25.0 Å². The first-order valence-corrected chi connectivity index (χ1v) is 7.33. The van der Waals surface area contributed by atoms with Gasteiger partial charge in [0.1, 0.15) is 0 Å². The topological polar surface area (TPSA) is 75.8 Å². The van der Waals surface area contributed by atoms with Crippen molar-refractivity contribution in [1.29, 1.82) is 0 Å². The summed E-state index contributed by atoms with van der Waals surface area (Å²) in [4.78, 5) is 14.5. The first-order valence-electron chi connectivity index (χ1n) is 7.33. The van der Waals surface area contributed by atoms with E-state index in [2.05, 4.69) is 6.92 Å². The number of nitrogens with two attached hydrogens (primary N) is 1. The number of ether oxygens (including phenoxy) is 1. The van der Waals surface area contributed by atoms with E-state index in [1.165, 1.54) is 0 Å². The van der Waals surface area contributed by atoms with Gasteiger partial charge < -0.3 is 20.5 Å². The fraction of sp³-hybridized carbons (Fsp3) is 0.929. The molecule has 19 heavy (non-hydrogen) atoms. The SMILES string of the molecule is CC1CN(C(=O)C2CCCC(N)C2C)CC(CO)O1. The van der Waals surface area contributed by atoms with Gasteiger partial charge >= 0.3 is 0 Å². The van der Waals surface area contributed by atoms with Gasteiger partial charge in [0.2, 0.25) is 5.91 Å². The minimum absolute atomic E-state index is 0.0116. The van der Waals surface area contributed by atoms with Crippen LogP contribution in [0.4, 0.5) is 0 Å². The lowest BCUT2D eigenvalue weighted by Gasteiger charge is -2.41. The number of hydrogen-bond donors (Lipinski definition) is 2. The lowest BCUT2D eigenvalue weighted by Crippen LogP contribution is -2.54. The number of morpholine rings is 1. The standard InChI is InChI=1S/C14H26N2O3/c1-9-6-16(7-11(8-17)19-9)14(18)12-4-3-5-13(15)10(12)2/h9-13,17H,3-8,15H2,1-2H3. The van der Waals surface area contributed by atoms with Crippen molar-refractivity contribution in [1.82, 2.24) is 4.90 Å². The van der Waals surface area contributed by atoms with Crippen LogP contribution in [0.15, 0.2) is 0 Å². The molecule has 1 aliphatic carbocycles. The van der Waals surface area contributed by atoms with Crippen LogP contribution in [0.2, 0.25) is 0 Å². The van der Waals surface area contributed by atoms with Crippen molar-refractivity contribution < 1.29 is 14.6 Å². The summed E-state index contributed by atoms with van der Waals surface area (Å²) in [5.41, 5.74) is 6.08. The number of carbonyl (C=O) groups excluding carboxylic acids is 1. The second-order valence-electron chi connectivity index (χ2n) is 6.05. The van der Waals surface area contributed by atoms with Gasteiger partial charge in [0.05, 0.1) is 18.8 Å². The van der Waals surface area contributed by atoms with Crippen LogP contribution in [-0.2, 0) is 9.53 Å². The number of aliphatic hydroxyl groups is 1. The predicted molar refractivity (Wildman–Crippen MR) is 72.5 cm³/mol. The van der Waals surface area contributed by atoms with Crippen molar-refractivity contribution in [2.75, 3.05) is 19.7 Å². The predicted octanol–water partition coefficient (Wildman–Crippen LogP) is 0.358. The van der Waals surface area contributed by atoms with Crippen molar-refractivity contribution in [3.63, 3.8) is 0 Å². The Balaban J connectivity index is 2.01. The summed E-state index contributed by atoms with van der Waals surface area (Å²) >= 11 is 0. The largest absolute Gasteiger partial charge is 0.394 e. The molecular formula is C14H26N2O3. The Morgan fingerprint density at radius 1 is 1.37 bits per heavy atom. The molecule has 5 nitrogen and oxygen atoms in total. The molecule has 2 rings (SSSR count). The summed E-state index contributed by atoms with van der Waals surface area (Å²) < 4.78 is 5.58. The van der Waals surface area contributed by atoms with E-state index in [0.29, 0.717) is 13.1 Å². The highest BCUT2D eigenvalue weighted by atomic mass is 16.5. The molecule has 1 heterocycles. The van der Waals surface area contributed by atoms with Gasteiger partial charge in [-0.3, -0.25) is 4.79 Å². The third-order valence-electron chi connectivity index (χ3n) is 4.52. The molecule has 1 aliphatic heterocycles. The third kappa shape index (κ3) is 3.27. The minimum atomic E-state index is -0.250. The smallest absolute Gasteiger partial charge is 0.226 e. The Bertz CT molecular complexity index is 324. The summed E-state index contributed by atoms with van der Waals surface area (Å²) in [6.07, 6.45) is 2.72. The van der Waals surface area contributed by atoms with Crippen LogP contribution >= 0.6 is 0 Å². The number of aliphatic hydroxyl groups excluding tert-OH is 1. The van der Waals surface area contributed by atoms with Crippen LogP contribution in [0.3, 0.4) is 0 Å². The number of carbonyl (C=O) groups is 1. The van der Waals surface area contributed by atoms with Gasteiger partial charge in [-0.15, -0.1) is 0 Å². The molecule has 110 valence electrons. The molecule has 3 N–H and O–H groups in total.